The first-order valence-corrected chi connectivity index (χ1v) is 11.9. The number of fused-ring (bicyclic) bond motifs is 1. The molecule has 1 amide bonds. The SMILES string of the molecule is CC#CC(=O)N1CCCC(Nc2ncnc3[nH]cc(C(=O)c4ccc(Oc5ccccc5)cc4F)c23)C1. The number of hydrogen-bond acceptors (Lipinski definition) is 6. The van der Waals surface area contributed by atoms with E-state index in [4.69, 9.17) is 4.74 Å². The van der Waals surface area contributed by atoms with Crippen molar-refractivity contribution >= 4 is 28.5 Å². The van der Waals surface area contributed by atoms with Gasteiger partial charge in [0.25, 0.3) is 5.91 Å². The maximum Gasteiger partial charge on any atom is 0.298 e. The number of likely N-dealkylation sites (tertiary alicyclic amines) is 1. The molecule has 1 atom stereocenters. The van der Waals surface area contributed by atoms with Crippen LogP contribution in [-0.4, -0.2) is 50.7 Å². The van der Waals surface area contributed by atoms with E-state index in [2.05, 4.69) is 32.1 Å². The minimum atomic E-state index is -0.697. The second-order valence-electron chi connectivity index (χ2n) is 8.64. The van der Waals surface area contributed by atoms with Crippen molar-refractivity contribution in [2.24, 2.45) is 0 Å². The molecule has 0 radical (unpaired) electrons. The Morgan fingerprint density at radius 1 is 1.14 bits per heavy atom. The van der Waals surface area contributed by atoms with Crippen molar-refractivity contribution in [3.05, 3.63) is 78.0 Å². The monoisotopic (exact) mass is 497 g/mol. The molecule has 3 heterocycles. The molecule has 0 spiro atoms. The van der Waals surface area contributed by atoms with Crippen LogP contribution in [0.2, 0.25) is 0 Å². The molecular weight excluding hydrogens is 473 g/mol. The summed E-state index contributed by atoms with van der Waals surface area (Å²) in [5.74, 6) is 5.10. The molecule has 37 heavy (non-hydrogen) atoms. The fraction of sp³-hybridized carbons (Fsp3) is 0.214. The van der Waals surface area contributed by atoms with Crippen LogP contribution in [0.5, 0.6) is 11.5 Å². The molecule has 9 heteroatoms. The molecule has 0 saturated carbocycles. The summed E-state index contributed by atoms with van der Waals surface area (Å²) >= 11 is 0. The van der Waals surface area contributed by atoms with Crippen LogP contribution >= 0.6 is 0 Å². The quantitative estimate of drug-likeness (QED) is 0.300. The summed E-state index contributed by atoms with van der Waals surface area (Å²) in [4.78, 5) is 38.9. The van der Waals surface area contributed by atoms with Crippen molar-refractivity contribution in [1.29, 1.82) is 0 Å². The zero-order chi connectivity index (χ0) is 25.8. The highest BCUT2D eigenvalue weighted by Crippen LogP contribution is 2.29. The van der Waals surface area contributed by atoms with Gasteiger partial charge in [-0.15, -0.1) is 0 Å². The summed E-state index contributed by atoms with van der Waals surface area (Å²) < 4.78 is 20.7. The summed E-state index contributed by atoms with van der Waals surface area (Å²) in [6.07, 6.45) is 4.53. The molecule has 1 aliphatic heterocycles. The number of benzene rings is 2. The van der Waals surface area contributed by atoms with Crippen molar-refractivity contribution in [3.8, 4) is 23.3 Å². The number of halogens is 1. The molecule has 0 bridgehead atoms. The van der Waals surface area contributed by atoms with E-state index in [1.807, 2.05) is 18.2 Å². The number of rotatable bonds is 6. The van der Waals surface area contributed by atoms with Crippen LogP contribution < -0.4 is 10.1 Å². The highest BCUT2D eigenvalue weighted by Gasteiger charge is 2.26. The van der Waals surface area contributed by atoms with Crippen LogP contribution in [-0.2, 0) is 4.79 Å². The third-order valence-corrected chi connectivity index (χ3v) is 6.16. The lowest BCUT2D eigenvalue weighted by atomic mass is 10.0. The fourth-order valence-corrected chi connectivity index (χ4v) is 4.42. The molecular formula is C28H24FN5O3. The summed E-state index contributed by atoms with van der Waals surface area (Å²) in [6, 6.07) is 13.1. The molecule has 186 valence electrons. The number of aromatic nitrogens is 3. The van der Waals surface area contributed by atoms with E-state index in [-0.39, 0.29) is 28.8 Å². The number of ketones is 1. The predicted octanol–water partition coefficient (Wildman–Crippen LogP) is 4.55. The largest absolute Gasteiger partial charge is 0.457 e. The lowest BCUT2D eigenvalue weighted by molar-refractivity contribution is -0.126. The Labute approximate surface area is 212 Å². The van der Waals surface area contributed by atoms with E-state index in [0.29, 0.717) is 35.7 Å². The van der Waals surface area contributed by atoms with Crippen LogP contribution in [0.25, 0.3) is 11.0 Å². The molecule has 1 saturated heterocycles. The number of para-hydroxylation sites is 1. The van der Waals surface area contributed by atoms with Crippen molar-refractivity contribution in [2.75, 3.05) is 18.4 Å². The number of H-pyrrole nitrogens is 1. The number of carbonyl (C=O) groups excluding carboxylic acids is 2. The summed E-state index contributed by atoms with van der Waals surface area (Å²) in [5, 5.41) is 3.82. The van der Waals surface area contributed by atoms with Gasteiger partial charge in [-0.1, -0.05) is 24.1 Å². The summed E-state index contributed by atoms with van der Waals surface area (Å²) in [6.45, 7) is 2.73. The average molecular weight is 498 g/mol. The Bertz CT molecular complexity index is 1520. The van der Waals surface area contributed by atoms with E-state index < -0.39 is 11.6 Å². The minimum Gasteiger partial charge on any atom is -0.457 e. The second kappa shape index (κ2) is 10.5. The van der Waals surface area contributed by atoms with Crippen LogP contribution in [0.1, 0.15) is 35.7 Å². The predicted molar refractivity (Wildman–Crippen MR) is 137 cm³/mol. The molecule has 5 rings (SSSR count). The number of amides is 1. The Morgan fingerprint density at radius 3 is 2.76 bits per heavy atom. The van der Waals surface area contributed by atoms with Gasteiger partial charge in [-0.3, -0.25) is 9.59 Å². The summed E-state index contributed by atoms with van der Waals surface area (Å²) in [5.41, 5.74) is 0.601. The maximum absolute atomic E-state index is 15.0. The van der Waals surface area contributed by atoms with E-state index in [1.165, 1.54) is 24.7 Å². The van der Waals surface area contributed by atoms with Gasteiger partial charge in [-0.05, 0) is 50.0 Å². The van der Waals surface area contributed by atoms with Gasteiger partial charge in [0.15, 0.2) is 5.78 Å². The van der Waals surface area contributed by atoms with Crippen molar-refractivity contribution < 1.29 is 18.7 Å². The Hall–Kier alpha value is -4.71. The zero-order valence-electron chi connectivity index (χ0n) is 20.1. The van der Waals surface area contributed by atoms with Crippen molar-refractivity contribution in [2.45, 2.75) is 25.8 Å². The molecule has 1 fully saturated rings. The summed E-state index contributed by atoms with van der Waals surface area (Å²) in [7, 11) is 0. The Morgan fingerprint density at radius 2 is 1.97 bits per heavy atom. The number of anilines is 1. The van der Waals surface area contributed by atoms with Gasteiger partial charge in [0, 0.05) is 31.4 Å². The number of ether oxygens (including phenoxy) is 1. The minimum absolute atomic E-state index is 0.0848. The number of hydrogen-bond donors (Lipinski definition) is 2. The molecule has 8 nitrogen and oxygen atoms in total. The van der Waals surface area contributed by atoms with E-state index in [0.717, 1.165) is 12.8 Å². The van der Waals surface area contributed by atoms with E-state index >= 15 is 4.39 Å². The highest BCUT2D eigenvalue weighted by molar-refractivity contribution is 6.18. The number of nitrogens with one attached hydrogen (secondary N) is 2. The van der Waals surface area contributed by atoms with Gasteiger partial charge in [0.05, 0.1) is 16.5 Å². The van der Waals surface area contributed by atoms with Crippen LogP contribution in [0.3, 0.4) is 0 Å². The van der Waals surface area contributed by atoms with Gasteiger partial charge in [0.1, 0.15) is 35.1 Å². The standard InChI is InChI=1S/C28H24FN5O3/c1-2-7-24(35)34-13-6-8-18(16-34)33-28-25-22(15-30-27(25)31-17-32-28)26(36)21-12-11-20(14-23(21)29)37-19-9-4-3-5-10-19/h3-5,9-12,14-15,17-18H,6,8,13,16H2,1H3,(H2,30,31,32,33). The normalized spacial score (nSPS) is 15.1. The average Bonchev–Trinajstić information content (AvgIpc) is 3.35. The number of nitrogens with zero attached hydrogens (tertiary/aromatic N) is 3. The van der Waals surface area contributed by atoms with Crippen molar-refractivity contribution in [3.63, 3.8) is 0 Å². The topological polar surface area (TPSA) is 100 Å². The number of aromatic amines is 1. The van der Waals surface area contributed by atoms with Crippen LogP contribution in [0.15, 0.2) is 61.1 Å². The third-order valence-electron chi connectivity index (χ3n) is 6.16. The van der Waals surface area contributed by atoms with Gasteiger partial charge in [-0.25, -0.2) is 14.4 Å². The van der Waals surface area contributed by atoms with Crippen LogP contribution in [0.4, 0.5) is 10.2 Å². The lowest BCUT2D eigenvalue weighted by Crippen LogP contribution is -2.44. The maximum atomic E-state index is 15.0. The molecule has 2 aromatic carbocycles. The van der Waals surface area contributed by atoms with E-state index in [1.54, 1.807) is 30.0 Å². The van der Waals surface area contributed by atoms with E-state index in [9.17, 15) is 9.59 Å². The van der Waals surface area contributed by atoms with Gasteiger partial charge >= 0.3 is 0 Å². The highest BCUT2D eigenvalue weighted by atomic mass is 19.1. The number of piperidine rings is 1. The fourth-order valence-electron chi connectivity index (χ4n) is 4.42. The first-order valence-electron chi connectivity index (χ1n) is 11.9. The molecule has 4 aromatic rings. The molecule has 1 unspecified atom stereocenters. The van der Waals surface area contributed by atoms with Gasteiger partial charge in [0.2, 0.25) is 0 Å². The first kappa shape index (κ1) is 24.0. The molecule has 1 aliphatic rings. The smallest absolute Gasteiger partial charge is 0.298 e. The Balaban J connectivity index is 1.40. The van der Waals surface area contributed by atoms with Gasteiger partial charge in [-0.2, -0.15) is 0 Å². The number of carbonyl (C=O) groups is 2. The van der Waals surface area contributed by atoms with Gasteiger partial charge < -0.3 is 19.9 Å². The molecule has 2 N–H and O–H groups in total. The Kier molecular flexibility index (Phi) is 6.81. The first-order chi connectivity index (χ1) is 18.0. The molecule has 0 aliphatic carbocycles. The van der Waals surface area contributed by atoms with Crippen molar-refractivity contribution in [1.82, 2.24) is 19.9 Å². The zero-order valence-corrected chi connectivity index (χ0v) is 20.1. The molecule has 2 aromatic heterocycles. The second-order valence-corrected chi connectivity index (χ2v) is 8.64. The third kappa shape index (κ3) is 5.14. The van der Waals surface area contributed by atoms with Crippen LogP contribution in [0, 0.1) is 17.7 Å². The lowest BCUT2D eigenvalue weighted by Gasteiger charge is -2.32.